The zero-order valence-electron chi connectivity index (χ0n) is 24.6. The Morgan fingerprint density at radius 3 is 2.56 bits per heavy atom. The fraction of sp³-hybridized carbons (Fsp3) is 0.706. The lowest BCUT2D eigenvalue weighted by atomic mass is 9.44. The van der Waals surface area contributed by atoms with Gasteiger partial charge in [-0.3, -0.25) is 4.79 Å². The van der Waals surface area contributed by atoms with Gasteiger partial charge in [-0.15, -0.1) is 0 Å². The highest BCUT2D eigenvalue weighted by Crippen LogP contribution is 2.68. The van der Waals surface area contributed by atoms with E-state index in [9.17, 15) is 9.59 Å². The van der Waals surface area contributed by atoms with E-state index in [-0.39, 0.29) is 17.0 Å². The van der Waals surface area contributed by atoms with Crippen molar-refractivity contribution in [3.63, 3.8) is 0 Å². The molecule has 8 atom stereocenters. The van der Waals surface area contributed by atoms with E-state index in [1.54, 1.807) is 25.1 Å². The van der Waals surface area contributed by atoms with Crippen LogP contribution in [0.4, 0.5) is 11.4 Å². The van der Waals surface area contributed by atoms with Crippen LogP contribution >= 0.6 is 0 Å². The lowest BCUT2D eigenvalue weighted by Gasteiger charge is -2.61. The monoisotopic (exact) mass is 534 g/mol. The minimum absolute atomic E-state index is 0.0437. The van der Waals surface area contributed by atoms with E-state index in [4.69, 9.17) is 16.2 Å². The zero-order chi connectivity index (χ0) is 27.9. The first kappa shape index (κ1) is 28.2. The molecule has 4 aliphatic rings. The zero-order valence-corrected chi connectivity index (χ0v) is 24.6. The van der Waals surface area contributed by atoms with Crippen LogP contribution in [0.5, 0.6) is 0 Å². The van der Waals surface area contributed by atoms with Crippen LogP contribution in [-0.4, -0.2) is 11.8 Å². The van der Waals surface area contributed by atoms with Crippen LogP contribution in [0.25, 0.3) is 0 Å². The minimum atomic E-state index is -0.600. The molecular weight excluding hydrogens is 484 g/mol. The van der Waals surface area contributed by atoms with E-state index in [1.165, 1.54) is 70.5 Å². The van der Waals surface area contributed by atoms with Crippen LogP contribution in [-0.2, 0) is 9.53 Å². The fourth-order valence-corrected chi connectivity index (χ4v) is 10.1. The van der Waals surface area contributed by atoms with Gasteiger partial charge in [0.25, 0.3) is 0 Å². The molecule has 5 rings (SSSR count). The summed E-state index contributed by atoms with van der Waals surface area (Å²) in [5.41, 5.74) is 13.9. The molecule has 0 amide bonds. The van der Waals surface area contributed by atoms with Crippen LogP contribution in [0.2, 0.25) is 0 Å². The first-order chi connectivity index (χ1) is 18.6. The van der Waals surface area contributed by atoms with Gasteiger partial charge in [0, 0.05) is 12.0 Å². The molecule has 4 aliphatic carbocycles. The molecular formula is C34H50N2O3. The van der Waals surface area contributed by atoms with E-state index in [1.807, 2.05) is 0 Å². The predicted octanol–water partition coefficient (Wildman–Crippen LogP) is 7.95. The van der Waals surface area contributed by atoms with Gasteiger partial charge in [0.05, 0.1) is 16.9 Å². The Morgan fingerprint density at radius 2 is 1.77 bits per heavy atom. The molecule has 0 spiro atoms. The number of esters is 1. The summed E-state index contributed by atoms with van der Waals surface area (Å²) in [6.07, 6.45) is 16.9. The molecule has 39 heavy (non-hydrogen) atoms. The number of benzene rings is 1. The molecule has 5 heteroatoms. The van der Waals surface area contributed by atoms with Crippen LogP contribution in [0.15, 0.2) is 30.0 Å². The summed E-state index contributed by atoms with van der Waals surface area (Å²) in [6.45, 7) is 9.36. The molecule has 4 N–H and O–H groups in total. The van der Waals surface area contributed by atoms with Crippen LogP contribution in [0.3, 0.4) is 0 Å². The molecule has 4 fully saturated rings. The molecule has 0 bridgehead atoms. The number of carbonyl (C=O) groups excluding carboxylic acids is 2. The summed E-state index contributed by atoms with van der Waals surface area (Å²) in [5, 5.41) is 0. The van der Waals surface area contributed by atoms with Gasteiger partial charge in [-0.05, 0) is 123 Å². The Balaban J connectivity index is 1.17. The Kier molecular flexibility index (Phi) is 7.92. The quantitative estimate of drug-likeness (QED) is 0.160. The number of hydrogen-bond donors (Lipinski definition) is 2. The molecule has 5 nitrogen and oxygen atoms in total. The number of carbonyl (C=O) groups is 2. The summed E-state index contributed by atoms with van der Waals surface area (Å²) in [6, 6.07) is 4.87. The maximum Gasteiger partial charge on any atom is 0.345 e. The third-order valence-electron chi connectivity index (χ3n) is 12.3. The van der Waals surface area contributed by atoms with Gasteiger partial charge in [0.2, 0.25) is 0 Å². The highest BCUT2D eigenvalue weighted by molar-refractivity contribution is 5.99. The van der Waals surface area contributed by atoms with E-state index in [0.29, 0.717) is 40.3 Å². The number of ether oxygens (including phenoxy) is 1. The summed E-state index contributed by atoms with van der Waals surface area (Å²) < 4.78 is 5.28. The molecule has 0 aromatic heterocycles. The lowest BCUT2D eigenvalue weighted by molar-refractivity contribution is -0.118. The number of rotatable bonds is 7. The molecule has 0 aliphatic heterocycles. The number of fused-ring (bicyclic) bond motifs is 5. The third-order valence-corrected chi connectivity index (χ3v) is 12.3. The van der Waals surface area contributed by atoms with Crippen molar-refractivity contribution in [1.82, 2.24) is 0 Å². The SMILES string of the molecule is CC(=COC(=O)c1cccc(N)c1N)C(=O)CC[C@@H](C)[C@H]1CC[C@H]2[C@@H]3CCC4CCCC[C@]4(C)[C@H]3CC[C@]12C. The molecule has 1 unspecified atom stereocenters. The van der Waals surface area contributed by atoms with Gasteiger partial charge in [-0.2, -0.15) is 0 Å². The lowest BCUT2D eigenvalue weighted by Crippen LogP contribution is -2.53. The van der Waals surface area contributed by atoms with E-state index < -0.39 is 5.97 Å². The number of hydrogen-bond acceptors (Lipinski definition) is 5. The van der Waals surface area contributed by atoms with E-state index in [2.05, 4.69) is 20.8 Å². The second-order valence-corrected chi connectivity index (χ2v) is 14.1. The molecule has 0 heterocycles. The van der Waals surface area contributed by atoms with Gasteiger partial charge < -0.3 is 16.2 Å². The number of ketones is 1. The Bertz CT molecular complexity index is 1130. The molecule has 214 valence electrons. The number of nitrogens with two attached hydrogens (primary N) is 2. The van der Waals surface area contributed by atoms with Crippen molar-refractivity contribution < 1.29 is 14.3 Å². The Morgan fingerprint density at radius 1 is 1.00 bits per heavy atom. The molecule has 0 radical (unpaired) electrons. The normalized spacial score (nSPS) is 36.8. The molecule has 0 saturated heterocycles. The Labute approximate surface area is 235 Å². The Hall–Kier alpha value is -2.30. The number of allylic oxidation sites excluding steroid dienone is 1. The number of Topliss-reactive ketones (excluding diaryl/α,β-unsaturated/α-hetero) is 1. The van der Waals surface area contributed by atoms with Crippen molar-refractivity contribution in [3.8, 4) is 0 Å². The van der Waals surface area contributed by atoms with Gasteiger partial charge >= 0.3 is 5.97 Å². The van der Waals surface area contributed by atoms with E-state index in [0.717, 1.165) is 30.1 Å². The molecule has 4 saturated carbocycles. The number of anilines is 2. The summed E-state index contributed by atoms with van der Waals surface area (Å²) in [4.78, 5) is 25.4. The van der Waals surface area contributed by atoms with Crippen LogP contribution < -0.4 is 11.5 Å². The second kappa shape index (κ2) is 10.9. The van der Waals surface area contributed by atoms with Crippen LogP contribution in [0.1, 0.15) is 115 Å². The summed E-state index contributed by atoms with van der Waals surface area (Å²) in [5.74, 6) is 4.34. The first-order valence-corrected chi connectivity index (χ1v) is 15.6. The minimum Gasteiger partial charge on any atom is -0.430 e. The van der Waals surface area contributed by atoms with Crippen molar-refractivity contribution in [2.24, 2.45) is 46.3 Å². The van der Waals surface area contributed by atoms with Crippen molar-refractivity contribution in [2.45, 2.75) is 105 Å². The molecule has 1 aromatic carbocycles. The van der Waals surface area contributed by atoms with Crippen molar-refractivity contribution in [2.75, 3.05) is 11.5 Å². The second-order valence-electron chi connectivity index (χ2n) is 14.1. The van der Waals surface area contributed by atoms with Gasteiger partial charge in [-0.25, -0.2) is 4.79 Å². The fourth-order valence-electron chi connectivity index (χ4n) is 10.1. The first-order valence-electron chi connectivity index (χ1n) is 15.6. The third kappa shape index (κ3) is 5.04. The van der Waals surface area contributed by atoms with Crippen LogP contribution in [0, 0.1) is 46.3 Å². The average molecular weight is 535 g/mol. The van der Waals surface area contributed by atoms with Gasteiger partial charge in [-0.1, -0.05) is 39.7 Å². The largest absolute Gasteiger partial charge is 0.430 e. The number of para-hydroxylation sites is 1. The number of nitrogen functional groups attached to an aromatic ring is 2. The highest BCUT2D eigenvalue weighted by atomic mass is 16.5. The summed E-state index contributed by atoms with van der Waals surface area (Å²) >= 11 is 0. The van der Waals surface area contributed by atoms with Crippen molar-refractivity contribution in [1.29, 1.82) is 0 Å². The topological polar surface area (TPSA) is 95.4 Å². The van der Waals surface area contributed by atoms with Crippen molar-refractivity contribution >= 4 is 23.1 Å². The molecule has 1 aromatic rings. The smallest absolute Gasteiger partial charge is 0.345 e. The summed E-state index contributed by atoms with van der Waals surface area (Å²) in [7, 11) is 0. The van der Waals surface area contributed by atoms with Gasteiger partial charge in [0.15, 0.2) is 5.78 Å². The highest BCUT2D eigenvalue weighted by Gasteiger charge is 2.60. The average Bonchev–Trinajstić information content (AvgIpc) is 3.28. The van der Waals surface area contributed by atoms with Gasteiger partial charge in [0.1, 0.15) is 6.26 Å². The van der Waals surface area contributed by atoms with Crippen molar-refractivity contribution in [3.05, 3.63) is 35.6 Å². The maximum atomic E-state index is 12.9. The maximum absolute atomic E-state index is 12.9. The predicted molar refractivity (Wildman–Crippen MR) is 158 cm³/mol. The standard InChI is InChI=1S/C34H50N2O3/c1-21(11-16-30(37)22(2)20-39-32(38)25-9-7-10-29(35)31(25)36)26-14-15-27-24-13-12-23-8-5-6-18-33(23,3)28(24)17-19-34(26,27)4/h7,9-10,20-21,23-24,26-28H,5-6,8,11-19,35-36H2,1-4H3/t21-,23?,24+,26-,27+,28+,33+,34-/m1/s1. The van der Waals surface area contributed by atoms with E-state index >= 15 is 0 Å².